The van der Waals surface area contributed by atoms with Gasteiger partial charge in [-0.3, -0.25) is 25.1 Å². The number of nitrogens with one attached hydrogen (secondary N) is 2. The second kappa shape index (κ2) is 10.5. The van der Waals surface area contributed by atoms with Crippen molar-refractivity contribution >= 4 is 11.8 Å². The minimum atomic E-state index is -4.58. The minimum absolute atomic E-state index is 0.294. The predicted octanol–water partition coefficient (Wildman–Crippen LogP) is 3.32. The number of benzene rings is 1. The Balaban J connectivity index is 1.75. The number of aromatic nitrogens is 2. The molecule has 0 aliphatic rings. The fourth-order valence-electron chi connectivity index (χ4n) is 2.41. The molecule has 0 atom stereocenters. The number of hydrogen-bond acceptors (Lipinski definition) is 4. The van der Waals surface area contributed by atoms with Gasteiger partial charge in [0.05, 0.1) is 6.61 Å². The van der Waals surface area contributed by atoms with Crippen LogP contribution >= 0.6 is 0 Å². The second-order valence-electron chi connectivity index (χ2n) is 6.33. The molecule has 2 aromatic rings. The molecule has 0 saturated heterocycles. The first kappa shape index (κ1) is 22.3. The number of nitrogens with zero attached hydrogens (tertiary/aromatic N) is 2. The van der Waals surface area contributed by atoms with Crippen molar-refractivity contribution < 1.29 is 27.5 Å². The van der Waals surface area contributed by atoms with Gasteiger partial charge in [-0.1, -0.05) is 26.2 Å². The zero-order valence-corrected chi connectivity index (χ0v) is 16.0. The summed E-state index contributed by atoms with van der Waals surface area (Å²) in [6, 6.07) is 7.16. The quantitative estimate of drug-likeness (QED) is 0.489. The van der Waals surface area contributed by atoms with Crippen LogP contribution in [-0.4, -0.2) is 28.2 Å². The van der Waals surface area contributed by atoms with Gasteiger partial charge in [-0.2, -0.15) is 18.3 Å². The fourth-order valence-corrected chi connectivity index (χ4v) is 2.41. The Kier molecular flexibility index (Phi) is 8.05. The van der Waals surface area contributed by atoms with Gasteiger partial charge in [0.25, 0.3) is 11.8 Å². The van der Waals surface area contributed by atoms with Gasteiger partial charge in [0.1, 0.15) is 12.3 Å². The van der Waals surface area contributed by atoms with Gasteiger partial charge in [0.2, 0.25) is 0 Å². The first-order valence-electron chi connectivity index (χ1n) is 9.22. The number of halogens is 3. The van der Waals surface area contributed by atoms with Gasteiger partial charge in [0, 0.05) is 11.8 Å². The molecule has 0 aliphatic heterocycles. The van der Waals surface area contributed by atoms with Gasteiger partial charge in [0.15, 0.2) is 5.69 Å². The predicted molar refractivity (Wildman–Crippen MR) is 98.9 cm³/mol. The molecule has 2 amide bonds. The maximum Gasteiger partial charge on any atom is 0.435 e. The zero-order chi connectivity index (χ0) is 21.3. The SMILES string of the molecule is CCCCCCOc1ccc(C(=O)NNC(=O)Cn2ccc(C(F)(F)F)n2)cc1. The molecule has 0 unspecified atom stereocenters. The van der Waals surface area contributed by atoms with Gasteiger partial charge < -0.3 is 4.74 Å². The highest BCUT2D eigenvalue weighted by molar-refractivity contribution is 5.95. The van der Waals surface area contributed by atoms with E-state index in [-0.39, 0.29) is 0 Å². The smallest absolute Gasteiger partial charge is 0.435 e. The lowest BCUT2D eigenvalue weighted by Gasteiger charge is -2.09. The molecule has 2 rings (SSSR count). The van der Waals surface area contributed by atoms with E-state index in [1.807, 2.05) is 0 Å². The highest BCUT2D eigenvalue weighted by Crippen LogP contribution is 2.27. The molecule has 0 fully saturated rings. The minimum Gasteiger partial charge on any atom is -0.494 e. The van der Waals surface area contributed by atoms with Gasteiger partial charge in [-0.25, -0.2) is 0 Å². The average Bonchev–Trinajstić information content (AvgIpc) is 3.15. The number of carbonyl (C=O) groups is 2. The van der Waals surface area contributed by atoms with Crippen LogP contribution in [0.2, 0.25) is 0 Å². The first-order chi connectivity index (χ1) is 13.8. The summed E-state index contributed by atoms with van der Waals surface area (Å²) in [6.45, 7) is 2.26. The third-order valence-corrected chi connectivity index (χ3v) is 3.94. The summed E-state index contributed by atoms with van der Waals surface area (Å²) in [7, 11) is 0. The van der Waals surface area contributed by atoms with Crippen molar-refractivity contribution in [3.05, 3.63) is 47.8 Å². The van der Waals surface area contributed by atoms with E-state index in [0.717, 1.165) is 42.6 Å². The molecule has 0 aliphatic carbocycles. The molecule has 10 heteroatoms. The van der Waals surface area contributed by atoms with E-state index >= 15 is 0 Å². The number of carbonyl (C=O) groups excluding carboxylic acids is 2. The lowest BCUT2D eigenvalue weighted by Crippen LogP contribution is -2.43. The lowest BCUT2D eigenvalue weighted by atomic mass is 10.2. The molecule has 0 radical (unpaired) electrons. The van der Waals surface area contributed by atoms with Crippen LogP contribution in [0.1, 0.15) is 48.7 Å². The number of amides is 2. The Labute approximate surface area is 166 Å². The summed E-state index contributed by atoms with van der Waals surface area (Å²) < 4.78 is 43.9. The van der Waals surface area contributed by atoms with Crippen molar-refractivity contribution in [2.45, 2.75) is 45.3 Å². The summed E-state index contributed by atoms with van der Waals surface area (Å²) in [5.41, 5.74) is 3.53. The van der Waals surface area contributed by atoms with Crippen LogP contribution in [0.15, 0.2) is 36.5 Å². The van der Waals surface area contributed by atoms with Gasteiger partial charge in [-0.05, 0) is 36.8 Å². The van der Waals surface area contributed by atoms with E-state index in [9.17, 15) is 22.8 Å². The lowest BCUT2D eigenvalue weighted by molar-refractivity contribution is -0.141. The molecular weight excluding hydrogens is 389 g/mol. The van der Waals surface area contributed by atoms with Crippen molar-refractivity contribution in [3.63, 3.8) is 0 Å². The normalized spacial score (nSPS) is 11.2. The number of hydrogen-bond donors (Lipinski definition) is 2. The molecule has 1 heterocycles. The molecule has 1 aromatic heterocycles. The van der Waals surface area contributed by atoms with Crippen LogP contribution in [0.25, 0.3) is 0 Å². The summed E-state index contributed by atoms with van der Waals surface area (Å²) in [5, 5.41) is 3.26. The van der Waals surface area contributed by atoms with E-state index < -0.39 is 30.2 Å². The molecule has 0 spiro atoms. The monoisotopic (exact) mass is 412 g/mol. The van der Waals surface area contributed by atoms with Crippen molar-refractivity contribution in [2.24, 2.45) is 0 Å². The second-order valence-corrected chi connectivity index (χ2v) is 6.33. The third-order valence-electron chi connectivity index (χ3n) is 3.94. The molecule has 0 bridgehead atoms. The summed E-state index contributed by atoms with van der Waals surface area (Å²) in [4.78, 5) is 23.8. The van der Waals surface area contributed by atoms with Crippen LogP contribution in [0.4, 0.5) is 13.2 Å². The van der Waals surface area contributed by atoms with Crippen molar-refractivity contribution in [1.82, 2.24) is 20.6 Å². The maximum atomic E-state index is 12.5. The van der Waals surface area contributed by atoms with E-state index in [4.69, 9.17) is 4.74 Å². The number of ether oxygens (including phenoxy) is 1. The van der Waals surface area contributed by atoms with Gasteiger partial charge in [-0.15, -0.1) is 0 Å². The Morgan fingerprint density at radius 3 is 2.41 bits per heavy atom. The van der Waals surface area contributed by atoms with Crippen molar-refractivity contribution in [2.75, 3.05) is 6.61 Å². The maximum absolute atomic E-state index is 12.5. The first-order valence-corrected chi connectivity index (χ1v) is 9.22. The Bertz CT molecular complexity index is 804. The highest BCUT2D eigenvalue weighted by Gasteiger charge is 2.33. The number of unbranched alkanes of at least 4 members (excludes halogenated alkanes) is 3. The Morgan fingerprint density at radius 2 is 1.79 bits per heavy atom. The van der Waals surface area contributed by atoms with Crippen molar-refractivity contribution in [3.8, 4) is 5.75 Å². The molecule has 2 N–H and O–H groups in total. The fraction of sp³-hybridized carbons (Fsp3) is 0.421. The van der Waals surface area contributed by atoms with E-state index in [1.165, 1.54) is 0 Å². The number of rotatable bonds is 9. The Morgan fingerprint density at radius 1 is 1.07 bits per heavy atom. The topological polar surface area (TPSA) is 85.3 Å². The third kappa shape index (κ3) is 7.47. The standard InChI is InChI=1S/C19H23F3N4O3/c1-2-3-4-5-12-29-15-8-6-14(7-9-15)18(28)24-23-17(27)13-26-11-10-16(25-26)19(20,21)22/h6-11H,2-5,12-13H2,1H3,(H,23,27)(H,24,28). The number of hydrazine groups is 1. The number of alkyl halides is 3. The van der Waals surface area contributed by atoms with Gasteiger partial charge >= 0.3 is 6.18 Å². The van der Waals surface area contributed by atoms with Crippen LogP contribution in [-0.2, 0) is 17.5 Å². The van der Waals surface area contributed by atoms with Crippen molar-refractivity contribution in [1.29, 1.82) is 0 Å². The largest absolute Gasteiger partial charge is 0.494 e. The Hall–Kier alpha value is -3.04. The van der Waals surface area contributed by atoms with Crippen LogP contribution in [0, 0.1) is 0 Å². The summed E-state index contributed by atoms with van der Waals surface area (Å²) in [5.74, 6) is -0.646. The summed E-state index contributed by atoms with van der Waals surface area (Å²) in [6.07, 6.45) is 0.830. The summed E-state index contributed by atoms with van der Waals surface area (Å²) >= 11 is 0. The van der Waals surface area contributed by atoms with Crippen LogP contribution < -0.4 is 15.6 Å². The zero-order valence-electron chi connectivity index (χ0n) is 16.0. The van der Waals surface area contributed by atoms with Crippen LogP contribution in [0.3, 0.4) is 0 Å². The van der Waals surface area contributed by atoms with E-state index in [1.54, 1.807) is 24.3 Å². The molecule has 158 valence electrons. The van der Waals surface area contributed by atoms with E-state index in [2.05, 4.69) is 22.9 Å². The molecule has 1 aromatic carbocycles. The van der Waals surface area contributed by atoms with E-state index in [0.29, 0.717) is 17.9 Å². The van der Waals surface area contributed by atoms with Crippen LogP contribution in [0.5, 0.6) is 5.75 Å². The molecular formula is C19H23F3N4O3. The molecule has 0 saturated carbocycles. The molecule has 29 heavy (non-hydrogen) atoms. The highest BCUT2D eigenvalue weighted by atomic mass is 19.4. The molecule has 7 nitrogen and oxygen atoms in total. The average molecular weight is 412 g/mol.